The smallest absolute Gasteiger partial charge is 0.314 e. The normalized spacial score (nSPS) is 17.1. The van der Waals surface area contributed by atoms with Crippen molar-refractivity contribution < 1.29 is 38.3 Å². The maximum absolute atomic E-state index is 12.8. The Balaban J connectivity index is 1.93. The van der Waals surface area contributed by atoms with Crippen LogP contribution in [0.15, 0.2) is 48.5 Å². The molecule has 0 saturated heterocycles. The van der Waals surface area contributed by atoms with Crippen LogP contribution < -0.4 is 18.9 Å². The van der Waals surface area contributed by atoms with Gasteiger partial charge < -0.3 is 33.5 Å². The number of para-hydroxylation sites is 4. The van der Waals surface area contributed by atoms with E-state index in [1.54, 1.807) is 57.2 Å². The molecule has 1 aliphatic heterocycles. The second-order valence-electron chi connectivity index (χ2n) is 8.16. The van der Waals surface area contributed by atoms with Crippen molar-refractivity contribution in [1.82, 2.24) is 0 Å². The number of carbonyl (C=O) groups excluding carboxylic acids is 1. The summed E-state index contributed by atoms with van der Waals surface area (Å²) < 4.78 is 34.3. The van der Waals surface area contributed by atoms with E-state index < -0.39 is 17.0 Å². The summed E-state index contributed by atoms with van der Waals surface area (Å²) in [6.07, 6.45) is 0. The molecule has 180 valence electrons. The van der Waals surface area contributed by atoms with Crippen molar-refractivity contribution >= 4 is 5.97 Å². The Morgan fingerprint density at radius 2 is 1.27 bits per heavy atom. The number of hydrogen-bond donors (Lipinski definition) is 1. The Labute approximate surface area is 194 Å². The lowest BCUT2D eigenvalue weighted by Gasteiger charge is -2.40. The fourth-order valence-electron chi connectivity index (χ4n) is 3.20. The molecule has 0 bridgehead atoms. The molecule has 0 spiro atoms. The van der Waals surface area contributed by atoms with Gasteiger partial charge in [-0.3, -0.25) is 4.79 Å². The molecule has 0 saturated carbocycles. The minimum absolute atomic E-state index is 0.190. The number of carbonyl (C=O) groups is 1. The van der Waals surface area contributed by atoms with Crippen molar-refractivity contribution in [2.45, 2.75) is 26.4 Å². The van der Waals surface area contributed by atoms with Gasteiger partial charge >= 0.3 is 5.97 Å². The predicted octanol–water partition coefficient (Wildman–Crippen LogP) is 3.25. The molecule has 8 heteroatoms. The summed E-state index contributed by atoms with van der Waals surface area (Å²) in [6, 6.07) is 14.3. The van der Waals surface area contributed by atoms with Crippen molar-refractivity contribution in [3.8, 4) is 23.0 Å². The number of fused-ring (bicyclic) bond motifs is 2. The second kappa shape index (κ2) is 11.2. The molecular weight excluding hydrogens is 428 g/mol. The Morgan fingerprint density at radius 1 is 0.848 bits per heavy atom. The van der Waals surface area contributed by atoms with Crippen LogP contribution in [0.3, 0.4) is 0 Å². The second-order valence-corrected chi connectivity index (χ2v) is 8.16. The Hall–Kier alpha value is -2.97. The van der Waals surface area contributed by atoms with Crippen LogP contribution in [0, 0.1) is 5.41 Å². The molecule has 0 amide bonds. The van der Waals surface area contributed by atoms with Crippen molar-refractivity contribution in [2.24, 2.45) is 5.41 Å². The highest BCUT2D eigenvalue weighted by Gasteiger charge is 2.52. The number of hydrogen-bond acceptors (Lipinski definition) is 8. The molecule has 1 heterocycles. The summed E-state index contributed by atoms with van der Waals surface area (Å²) in [5.41, 5.74) is -3.08. The molecule has 0 unspecified atom stereocenters. The van der Waals surface area contributed by atoms with Gasteiger partial charge in [0.25, 0.3) is 0 Å². The summed E-state index contributed by atoms with van der Waals surface area (Å²) in [4.78, 5) is 12.8. The lowest BCUT2D eigenvalue weighted by molar-refractivity contribution is -0.180. The van der Waals surface area contributed by atoms with Crippen LogP contribution in [0.5, 0.6) is 23.0 Å². The van der Waals surface area contributed by atoms with Crippen LogP contribution in [0.2, 0.25) is 0 Å². The highest BCUT2D eigenvalue weighted by molar-refractivity contribution is 5.77. The van der Waals surface area contributed by atoms with E-state index in [0.29, 0.717) is 49.4 Å². The molecule has 3 rings (SSSR count). The Morgan fingerprint density at radius 3 is 1.70 bits per heavy atom. The van der Waals surface area contributed by atoms with Crippen molar-refractivity contribution in [1.29, 1.82) is 0 Å². The fraction of sp³-hybridized carbons (Fsp3) is 0.480. The van der Waals surface area contributed by atoms with Gasteiger partial charge in [0, 0.05) is 0 Å². The van der Waals surface area contributed by atoms with E-state index in [0.717, 1.165) is 0 Å². The molecule has 8 nitrogen and oxygen atoms in total. The molecular formula is C25H32O8. The Kier molecular flexibility index (Phi) is 8.41. The maximum atomic E-state index is 12.8. The molecule has 0 aliphatic carbocycles. The molecule has 0 aromatic heterocycles. The van der Waals surface area contributed by atoms with Crippen molar-refractivity contribution in [2.75, 3.05) is 46.2 Å². The van der Waals surface area contributed by atoms with Crippen LogP contribution in [0.1, 0.15) is 20.8 Å². The van der Waals surface area contributed by atoms with E-state index in [4.69, 9.17) is 28.4 Å². The number of aliphatic hydroxyl groups is 1. The van der Waals surface area contributed by atoms with Crippen LogP contribution in [0.25, 0.3) is 0 Å². The van der Waals surface area contributed by atoms with Crippen LogP contribution in [0.4, 0.5) is 0 Å². The highest BCUT2D eigenvalue weighted by Crippen LogP contribution is 2.37. The van der Waals surface area contributed by atoms with Crippen molar-refractivity contribution in [3.63, 3.8) is 0 Å². The molecule has 0 atom stereocenters. The molecule has 2 aromatic carbocycles. The summed E-state index contributed by atoms with van der Waals surface area (Å²) in [6.45, 7) is 6.03. The van der Waals surface area contributed by atoms with Crippen LogP contribution in [-0.2, 0) is 14.3 Å². The average Bonchev–Trinajstić information content (AvgIpc) is 2.81. The van der Waals surface area contributed by atoms with E-state index in [9.17, 15) is 9.90 Å². The summed E-state index contributed by atoms with van der Waals surface area (Å²) in [5.74, 6) is 1.33. The first kappa shape index (κ1) is 24.7. The van der Waals surface area contributed by atoms with Crippen LogP contribution >= 0.6 is 0 Å². The van der Waals surface area contributed by atoms with Gasteiger partial charge in [0.2, 0.25) is 0 Å². The van der Waals surface area contributed by atoms with Gasteiger partial charge in [-0.05, 0) is 45.0 Å². The average molecular weight is 461 g/mol. The van der Waals surface area contributed by atoms with Crippen molar-refractivity contribution in [3.05, 3.63) is 48.5 Å². The fourth-order valence-corrected chi connectivity index (χ4v) is 3.20. The first-order valence-electron chi connectivity index (χ1n) is 11.0. The van der Waals surface area contributed by atoms with Gasteiger partial charge in [0.05, 0.1) is 25.2 Å². The van der Waals surface area contributed by atoms with Crippen LogP contribution in [-0.4, -0.2) is 62.9 Å². The molecule has 33 heavy (non-hydrogen) atoms. The zero-order chi connectivity index (χ0) is 23.7. The topological polar surface area (TPSA) is 92.7 Å². The highest BCUT2D eigenvalue weighted by atomic mass is 16.6. The standard InChI is InChI=1S/C25H32O8/c1-4-29-23(26)24(2,3)25(27)17-32-21-11-7-5-9-19(21)30-15-13-28-14-16-31-20-10-6-8-12-22(20)33-18-25/h5-12,27H,4,13-18H2,1-3H3. The number of rotatable bonds is 3. The van der Waals surface area contributed by atoms with Gasteiger partial charge in [0.1, 0.15) is 32.0 Å². The van der Waals surface area contributed by atoms with Gasteiger partial charge in [-0.1, -0.05) is 24.3 Å². The van der Waals surface area contributed by atoms with Gasteiger partial charge in [0.15, 0.2) is 23.0 Å². The minimum atomic E-state index is -1.74. The monoisotopic (exact) mass is 460 g/mol. The van der Waals surface area contributed by atoms with Gasteiger partial charge in [-0.25, -0.2) is 0 Å². The zero-order valence-electron chi connectivity index (χ0n) is 19.4. The van der Waals surface area contributed by atoms with E-state index in [1.165, 1.54) is 0 Å². The van der Waals surface area contributed by atoms with E-state index in [-0.39, 0.29) is 19.8 Å². The quantitative estimate of drug-likeness (QED) is 0.698. The maximum Gasteiger partial charge on any atom is 0.314 e. The number of benzene rings is 2. The number of esters is 1. The molecule has 0 fully saturated rings. The summed E-state index contributed by atoms with van der Waals surface area (Å²) in [7, 11) is 0. The molecule has 1 aliphatic rings. The molecule has 0 radical (unpaired) electrons. The summed E-state index contributed by atoms with van der Waals surface area (Å²) in [5, 5.41) is 11.7. The van der Waals surface area contributed by atoms with E-state index in [2.05, 4.69) is 0 Å². The predicted molar refractivity (Wildman–Crippen MR) is 121 cm³/mol. The third-order valence-electron chi connectivity index (χ3n) is 5.55. The lowest BCUT2D eigenvalue weighted by Crippen LogP contribution is -2.57. The van der Waals surface area contributed by atoms with E-state index in [1.807, 2.05) is 12.1 Å². The summed E-state index contributed by atoms with van der Waals surface area (Å²) >= 11 is 0. The van der Waals surface area contributed by atoms with Gasteiger partial charge in [-0.15, -0.1) is 0 Å². The zero-order valence-corrected chi connectivity index (χ0v) is 19.4. The van der Waals surface area contributed by atoms with Gasteiger partial charge in [-0.2, -0.15) is 0 Å². The first-order valence-corrected chi connectivity index (χ1v) is 11.0. The number of ether oxygens (including phenoxy) is 6. The third kappa shape index (κ3) is 6.09. The lowest BCUT2D eigenvalue weighted by atomic mass is 9.75. The Bertz CT molecular complexity index is 855. The first-order chi connectivity index (χ1) is 15.9. The molecule has 1 N–H and O–H groups in total. The third-order valence-corrected chi connectivity index (χ3v) is 5.55. The largest absolute Gasteiger partial charge is 0.487 e. The minimum Gasteiger partial charge on any atom is -0.487 e. The molecule has 2 aromatic rings. The van der Waals surface area contributed by atoms with E-state index >= 15 is 0 Å². The SMILES string of the molecule is CCOC(=O)C(C)(C)C1(O)COc2ccccc2OCCOCCOc2ccccc2OC1.